The van der Waals surface area contributed by atoms with E-state index in [-0.39, 0.29) is 12.3 Å². The molecule has 2 aromatic rings. The van der Waals surface area contributed by atoms with Crippen LogP contribution in [0.25, 0.3) is 0 Å². The fourth-order valence-electron chi connectivity index (χ4n) is 2.05. The molecule has 114 valence electrons. The first-order valence-electron chi connectivity index (χ1n) is 6.91. The van der Waals surface area contributed by atoms with Gasteiger partial charge in [0, 0.05) is 11.3 Å². The number of aliphatic carboxylic acids is 1. The minimum atomic E-state index is -1.03. The van der Waals surface area contributed by atoms with E-state index >= 15 is 0 Å². The predicted octanol–water partition coefficient (Wildman–Crippen LogP) is 2.20. The molecular weight excluding hydrogens is 280 g/mol. The topological polar surface area (TPSA) is 92.4 Å². The van der Waals surface area contributed by atoms with Gasteiger partial charge in [-0.2, -0.15) is 0 Å². The number of carboxylic acid groups (broad SMARTS) is 1. The SMILES string of the molecule is Cc1cccc(C(=O)Nc2ccc(CC(N)C(=O)O)cc2)c1. The quantitative estimate of drug-likeness (QED) is 0.789. The Morgan fingerprint density at radius 1 is 1.18 bits per heavy atom. The first-order valence-corrected chi connectivity index (χ1v) is 6.91. The zero-order chi connectivity index (χ0) is 16.1. The number of hydrogen-bond acceptors (Lipinski definition) is 3. The highest BCUT2D eigenvalue weighted by Gasteiger charge is 2.12. The summed E-state index contributed by atoms with van der Waals surface area (Å²) in [6, 6.07) is 13.4. The van der Waals surface area contributed by atoms with Crippen LogP contribution in [0.1, 0.15) is 21.5 Å². The maximum absolute atomic E-state index is 12.1. The Morgan fingerprint density at radius 3 is 2.45 bits per heavy atom. The third-order valence-electron chi connectivity index (χ3n) is 3.26. The summed E-state index contributed by atoms with van der Waals surface area (Å²) in [7, 11) is 0. The minimum absolute atomic E-state index is 0.182. The van der Waals surface area contributed by atoms with Crippen LogP contribution in [0.4, 0.5) is 5.69 Å². The van der Waals surface area contributed by atoms with Crippen molar-refractivity contribution in [3.8, 4) is 0 Å². The van der Waals surface area contributed by atoms with Crippen molar-refractivity contribution in [1.82, 2.24) is 0 Å². The molecule has 1 amide bonds. The number of benzene rings is 2. The highest BCUT2D eigenvalue weighted by atomic mass is 16.4. The van der Waals surface area contributed by atoms with E-state index in [4.69, 9.17) is 10.8 Å². The summed E-state index contributed by atoms with van der Waals surface area (Å²) in [4.78, 5) is 22.8. The minimum Gasteiger partial charge on any atom is -0.480 e. The number of amides is 1. The lowest BCUT2D eigenvalue weighted by Gasteiger charge is -2.09. The van der Waals surface area contributed by atoms with Gasteiger partial charge in [-0.1, -0.05) is 29.8 Å². The Balaban J connectivity index is 2.02. The summed E-state index contributed by atoms with van der Waals surface area (Å²) >= 11 is 0. The van der Waals surface area contributed by atoms with Crippen LogP contribution in [0.3, 0.4) is 0 Å². The molecule has 0 aromatic heterocycles. The first kappa shape index (κ1) is 15.7. The van der Waals surface area contributed by atoms with E-state index in [1.54, 1.807) is 30.3 Å². The molecule has 0 aliphatic carbocycles. The van der Waals surface area contributed by atoms with Crippen molar-refractivity contribution in [2.45, 2.75) is 19.4 Å². The Labute approximate surface area is 128 Å². The van der Waals surface area contributed by atoms with Crippen LogP contribution in [0.2, 0.25) is 0 Å². The number of aryl methyl sites for hydroxylation is 1. The molecule has 5 heteroatoms. The van der Waals surface area contributed by atoms with Gasteiger partial charge in [-0.25, -0.2) is 0 Å². The average Bonchev–Trinajstić information content (AvgIpc) is 2.49. The molecule has 0 saturated heterocycles. The van der Waals surface area contributed by atoms with Gasteiger partial charge in [0.15, 0.2) is 0 Å². The first-order chi connectivity index (χ1) is 10.5. The molecule has 0 saturated carbocycles. The lowest BCUT2D eigenvalue weighted by Crippen LogP contribution is -2.32. The van der Waals surface area contributed by atoms with E-state index in [2.05, 4.69) is 5.32 Å². The van der Waals surface area contributed by atoms with Gasteiger partial charge in [-0.05, 0) is 43.2 Å². The van der Waals surface area contributed by atoms with Gasteiger partial charge in [0.1, 0.15) is 6.04 Å². The molecule has 2 aromatic carbocycles. The summed E-state index contributed by atoms with van der Waals surface area (Å²) < 4.78 is 0. The molecule has 0 radical (unpaired) electrons. The van der Waals surface area contributed by atoms with E-state index < -0.39 is 12.0 Å². The number of hydrogen-bond donors (Lipinski definition) is 3. The molecule has 0 heterocycles. The molecule has 0 aliphatic rings. The molecule has 1 atom stereocenters. The monoisotopic (exact) mass is 298 g/mol. The fraction of sp³-hybridized carbons (Fsp3) is 0.176. The van der Waals surface area contributed by atoms with Crippen molar-refractivity contribution in [2.75, 3.05) is 5.32 Å². The number of rotatable bonds is 5. The van der Waals surface area contributed by atoms with Gasteiger partial charge in [0.2, 0.25) is 0 Å². The van der Waals surface area contributed by atoms with Crippen molar-refractivity contribution in [3.05, 3.63) is 65.2 Å². The van der Waals surface area contributed by atoms with E-state index in [0.29, 0.717) is 11.3 Å². The normalized spacial score (nSPS) is 11.7. The lowest BCUT2D eigenvalue weighted by molar-refractivity contribution is -0.138. The van der Waals surface area contributed by atoms with Crippen LogP contribution in [-0.4, -0.2) is 23.0 Å². The van der Waals surface area contributed by atoms with Crippen molar-refractivity contribution in [3.63, 3.8) is 0 Å². The largest absolute Gasteiger partial charge is 0.480 e. The number of anilines is 1. The van der Waals surface area contributed by atoms with Crippen molar-refractivity contribution in [1.29, 1.82) is 0 Å². The van der Waals surface area contributed by atoms with Crippen LogP contribution < -0.4 is 11.1 Å². The molecule has 4 N–H and O–H groups in total. The van der Waals surface area contributed by atoms with Gasteiger partial charge in [-0.3, -0.25) is 9.59 Å². The maximum Gasteiger partial charge on any atom is 0.320 e. The van der Waals surface area contributed by atoms with Crippen molar-refractivity contribution < 1.29 is 14.7 Å². The molecule has 1 unspecified atom stereocenters. The fourth-order valence-corrected chi connectivity index (χ4v) is 2.05. The third kappa shape index (κ3) is 4.17. The number of carboxylic acids is 1. The van der Waals surface area contributed by atoms with Gasteiger partial charge >= 0.3 is 5.97 Å². The van der Waals surface area contributed by atoms with Gasteiger partial charge < -0.3 is 16.2 Å². The van der Waals surface area contributed by atoms with E-state index in [1.165, 1.54) is 0 Å². The molecule has 22 heavy (non-hydrogen) atoms. The third-order valence-corrected chi connectivity index (χ3v) is 3.26. The highest BCUT2D eigenvalue weighted by molar-refractivity contribution is 6.04. The van der Waals surface area contributed by atoms with Crippen LogP contribution in [0.15, 0.2) is 48.5 Å². The van der Waals surface area contributed by atoms with Gasteiger partial charge in [0.05, 0.1) is 0 Å². The molecule has 0 bridgehead atoms. The standard InChI is InChI=1S/C17H18N2O3/c1-11-3-2-4-13(9-11)16(20)19-14-7-5-12(6-8-14)10-15(18)17(21)22/h2-9,15H,10,18H2,1H3,(H,19,20)(H,21,22). The molecule has 0 fully saturated rings. The average molecular weight is 298 g/mol. The Bertz CT molecular complexity index is 681. The van der Waals surface area contributed by atoms with E-state index in [9.17, 15) is 9.59 Å². The zero-order valence-corrected chi connectivity index (χ0v) is 12.2. The number of nitrogens with two attached hydrogens (primary N) is 1. The van der Waals surface area contributed by atoms with Crippen LogP contribution in [0.5, 0.6) is 0 Å². The second-order valence-electron chi connectivity index (χ2n) is 5.17. The Hall–Kier alpha value is -2.66. The summed E-state index contributed by atoms with van der Waals surface area (Å²) in [5.74, 6) is -1.21. The van der Waals surface area contributed by atoms with Crippen LogP contribution >= 0.6 is 0 Å². The summed E-state index contributed by atoms with van der Waals surface area (Å²) in [5.41, 5.74) is 8.56. The molecule has 2 rings (SSSR count). The maximum atomic E-state index is 12.1. The summed E-state index contributed by atoms with van der Waals surface area (Å²) in [5, 5.41) is 11.6. The number of carbonyl (C=O) groups excluding carboxylic acids is 1. The Morgan fingerprint density at radius 2 is 1.86 bits per heavy atom. The number of nitrogens with one attached hydrogen (secondary N) is 1. The van der Waals surface area contributed by atoms with E-state index in [0.717, 1.165) is 11.1 Å². The smallest absolute Gasteiger partial charge is 0.320 e. The second kappa shape index (κ2) is 6.87. The predicted molar refractivity (Wildman–Crippen MR) is 84.9 cm³/mol. The van der Waals surface area contributed by atoms with Crippen molar-refractivity contribution >= 4 is 17.6 Å². The summed E-state index contributed by atoms with van der Waals surface area (Å²) in [6.07, 6.45) is 0.251. The van der Waals surface area contributed by atoms with E-state index in [1.807, 2.05) is 25.1 Å². The molecule has 0 spiro atoms. The van der Waals surface area contributed by atoms with Crippen LogP contribution in [-0.2, 0) is 11.2 Å². The van der Waals surface area contributed by atoms with Gasteiger partial charge in [-0.15, -0.1) is 0 Å². The van der Waals surface area contributed by atoms with Gasteiger partial charge in [0.25, 0.3) is 5.91 Å². The second-order valence-corrected chi connectivity index (χ2v) is 5.17. The zero-order valence-electron chi connectivity index (χ0n) is 12.2. The van der Waals surface area contributed by atoms with Crippen LogP contribution in [0, 0.1) is 6.92 Å². The highest BCUT2D eigenvalue weighted by Crippen LogP contribution is 2.13. The lowest BCUT2D eigenvalue weighted by atomic mass is 10.1. The number of carbonyl (C=O) groups is 2. The summed E-state index contributed by atoms with van der Waals surface area (Å²) in [6.45, 7) is 1.93. The van der Waals surface area contributed by atoms with Crippen molar-refractivity contribution in [2.24, 2.45) is 5.73 Å². The molecular formula is C17H18N2O3. The molecule has 5 nitrogen and oxygen atoms in total. The molecule has 0 aliphatic heterocycles. The Kier molecular flexibility index (Phi) is 4.91.